The Morgan fingerprint density at radius 3 is 2.35 bits per heavy atom. The number of rotatable bonds is 6. The van der Waals surface area contributed by atoms with E-state index in [2.05, 4.69) is 16.5 Å². The molecule has 5 rings (SSSR count). The molecule has 1 fully saturated rings. The summed E-state index contributed by atoms with van der Waals surface area (Å²) in [4.78, 5) is 13.1. The topological polar surface area (TPSA) is 128 Å². The van der Waals surface area contributed by atoms with Crippen LogP contribution in [0.4, 0.5) is 16.4 Å². The monoisotopic (exact) mass is 489 g/mol. The number of urea groups is 1. The van der Waals surface area contributed by atoms with Gasteiger partial charge in [-0.2, -0.15) is 8.42 Å². The second kappa shape index (κ2) is 9.20. The van der Waals surface area contributed by atoms with E-state index < -0.39 is 26.8 Å². The highest BCUT2D eigenvalue weighted by Crippen LogP contribution is 2.39. The molecule has 0 bridgehead atoms. The second-order valence-corrected chi connectivity index (χ2v) is 10.7. The normalized spacial score (nSPS) is 17.9. The van der Waals surface area contributed by atoms with Gasteiger partial charge < -0.3 is 19.8 Å². The number of aryl methyl sites for hydroxylation is 3. The number of ether oxygens (including phenoxy) is 1. The van der Waals surface area contributed by atoms with Gasteiger partial charge in [0, 0.05) is 25.0 Å². The van der Waals surface area contributed by atoms with Crippen LogP contribution in [0, 0.1) is 5.21 Å². The molecule has 10 nitrogen and oxygen atoms in total. The molecule has 1 aromatic heterocycles. The van der Waals surface area contributed by atoms with Crippen molar-refractivity contribution in [3.63, 3.8) is 0 Å². The van der Waals surface area contributed by atoms with Gasteiger partial charge in [0.2, 0.25) is 5.88 Å². The Morgan fingerprint density at radius 2 is 1.76 bits per heavy atom. The Morgan fingerprint density at radius 1 is 1.12 bits per heavy atom. The third kappa shape index (κ3) is 4.05. The van der Waals surface area contributed by atoms with Crippen molar-refractivity contribution in [1.82, 2.24) is 9.63 Å². The van der Waals surface area contributed by atoms with Crippen LogP contribution < -0.4 is 9.62 Å². The van der Waals surface area contributed by atoms with Crippen LogP contribution in [-0.4, -0.2) is 43.3 Å². The molecule has 2 aromatic rings. The van der Waals surface area contributed by atoms with Crippen molar-refractivity contribution in [3.8, 4) is 0 Å². The van der Waals surface area contributed by atoms with Gasteiger partial charge in [0.1, 0.15) is 0 Å². The largest absolute Gasteiger partial charge is 0.740 e. The number of benzene rings is 1. The fourth-order valence-corrected chi connectivity index (χ4v) is 6.59. The lowest BCUT2D eigenvalue weighted by atomic mass is 9.99. The summed E-state index contributed by atoms with van der Waals surface area (Å²) in [6.45, 7) is 2.55. The van der Waals surface area contributed by atoms with Crippen molar-refractivity contribution < 1.29 is 22.5 Å². The average molecular weight is 490 g/mol. The van der Waals surface area contributed by atoms with Gasteiger partial charge >= 0.3 is 16.2 Å². The first kappa shape index (κ1) is 23.1. The fraction of sp³-hybridized carbons (Fsp3) is 0.565. The first-order chi connectivity index (χ1) is 16.4. The van der Waals surface area contributed by atoms with Crippen LogP contribution in [0.25, 0.3) is 0 Å². The maximum absolute atomic E-state index is 13.5. The van der Waals surface area contributed by atoms with Crippen LogP contribution in [0.5, 0.6) is 0 Å². The predicted molar refractivity (Wildman–Crippen MR) is 126 cm³/mol. The number of carbonyl (C=O) groups is 1. The minimum absolute atomic E-state index is 0.0705. The molecule has 0 spiro atoms. The molecule has 0 radical (unpaired) electrons. The standard InChI is InChI=1S/C23H29N4O6S/c1-2-17-14-21(33-25-17)26(18-9-11-32-12-10-18)34(30,31)27(29)23(28)24-22-19-7-3-5-15(19)13-16-6-4-8-20(16)22/h13-14,18H,2-12H2,1H3,(H,24,28)/q-1. The molecule has 1 aliphatic heterocycles. The maximum atomic E-state index is 13.5. The van der Waals surface area contributed by atoms with Crippen molar-refractivity contribution in [1.29, 1.82) is 0 Å². The smallest absolute Gasteiger partial charge is 0.326 e. The highest BCUT2D eigenvalue weighted by molar-refractivity contribution is 7.91. The summed E-state index contributed by atoms with van der Waals surface area (Å²) in [5.74, 6) is -0.0705. The van der Waals surface area contributed by atoms with Gasteiger partial charge in [-0.15, -0.1) is 0 Å². The van der Waals surface area contributed by atoms with E-state index in [4.69, 9.17) is 9.26 Å². The summed E-state index contributed by atoms with van der Waals surface area (Å²) in [6.07, 6.45) is 6.68. The molecule has 0 saturated carbocycles. The highest BCUT2D eigenvalue weighted by Gasteiger charge is 2.38. The van der Waals surface area contributed by atoms with E-state index in [1.54, 1.807) is 0 Å². The average Bonchev–Trinajstić information content (AvgIpc) is 3.59. The molecular weight excluding hydrogens is 460 g/mol. The minimum Gasteiger partial charge on any atom is -0.740 e. The van der Waals surface area contributed by atoms with Crippen LogP contribution in [0.15, 0.2) is 16.7 Å². The molecule has 1 saturated heterocycles. The molecule has 184 valence electrons. The summed E-state index contributed by atoms with van der Waals surface area (Å²) in [5, 5.41) is 19.6. The zero-order chi connectivity index (χ0) is 23.9. The molecule has 2 aliphatic carbocycles. The van der Waals surface area contributed by atoms with Gasteiger partial charge in [0.25, 0.3) is 0 Å². The number of nitrogens with one attached hydrogen (secondary N) is 1. The summed E-state index contributed by atoms with van der Waals surface area (Å²) in [7, 11) is -4.79. The Balaban J connectivity index is 1.45. The van der Waals surface area contributed by atoms with E-state index in [9.17, 15) is 18.4 Å². The second-order valence-electron chi connectivity index (χ2n) is 9.05. The Kier molecular flexibility index (Phi) is 6.26. The van der Waals surface area contributed by atoms with E-state index in [1.807, 2.05) is 6.92 Å². The number of amides is 2. The van der Waals surface area contributed by atoms with Crippen molar-refractivity contribution in [3.05, 3.63) is 45.3 Å². The third-order valence-electron chi connectivity index (χ3n) is 6.98. The Labute approximate surface area is 199 Å². The van der Waals surface area contributed by atoms with Gasteiger partial charge in [0.15, 0.2) is 0 Å². The molecule has 34 heavy (non-hydrogen) atoms. The summed E-state index contributed by atoms with van der Waals surface area (Å²) < 4.78 is 38.0. The first-order valence-corrected chi connectivity index (χ1v) is 13.3. The summed E-state index contributed by atoms with van der Waals surface area (Å²) in [5.41, 5.74) is 5.56. The lowest BCUT2D eigenvalue weighted by Gasteiger charge is -2.38. The SMILES string of the molecule is CCc1cc(N(C2CCOCC2)S(=O)(=O)N([O-])C(=O)Nc2c3c(cc4c2CCC4)CCC3)on1. The molecule has 1 aromatic carbocycles. The zero-order valence-corrected chi connectivity index (χ0v) is 20.0. The Bertz CT molecular complexity index is 1160. The van der Waals surface area contributed by atoms with Gasteiger partial charge in [-0.25, -0.2) is 9.10 Å². The molecule has 1 N–H and O–H groups in total. The quantitative estimate of drug-likeness (QED) is 0.615. The van der Waals surface area contributed by atoms with Crippen LogP contribution in [0.1, 0.15) is 60.6 Å². The van der Waals surface area contributed by atoms with Gasteiger partial charge in [-0.3, -0.25) is 4.47 Å². The Hall–Kier alpha value is -2.63. The van der Waals surface area contributed by atoms with Gasteiger partial charge in [-0.05, 0) is 80.0 Å². The van der Waals surface area contributed by atoms with Crippen LogP contribution in [0.3, 0.4) is 0 Å². The van der Waals surface area contributed by atoms with Gasteiger partial charge in [-0.1, -0.05) is 18.1 Å². The molecule has 0 unspecified atom stereocenters. The van der Waals surface area contributed by atoms with Crippen LogP contribution in [0.2, 0.25) is 0 Å². The number of fused-ring (bicyclic) bond motifs is 2. The summed E-state index contributed by atoms with van der Waals surface area (Å²) >= 11 is 0. The van der Waals surface area contributed by atoms with Crippen molar-refractivity contribution >= 4 is 27.8 Å². The minimum atomic E-state index is -4.79. The lowest BCUT2D eigenvalue weighted by Crippen LogP contribution is -2.51. The predicted octanol–water partition coefficient (Wildman–Crippen LogP) is 3.48. The van der Waals surface area contributed by atoms with E-state index in [-0.39, 0.29) is 5.88 Å². The molecule has 11 heteroatoms. The van der Waals surface area contributed by atoms with Gasteiger partial charge in [0.05, 0.1) is 11.7 Å². The van der Waals surface area contributed by atoms with E-state index in [0.717, 1.165) is 54.0 Å². The molecule has 0 atom stereocenters. The number of hydroxylamine groups is 1. The molecule has 2 heterocycles. The van der Waals surface area contributed by atoms with Crippen molar-refractivity contribution in [2.45, 2.75) is 70.8 Å². The van der Waals surface area contributed by atoms with Crippen LogP contribution in [-0.2, 0) is 47.1 Å². The van der Waals surface area contributed by atoms with E-state index >= 15 is 0 Å². The van der Waals surface area contributed by atoms with E-state index in [0.29, 0.717) is 43.9 Å². The summed E-state index contributed by atoms with van der Waals surface area (Å²) in [6, 6.07) is 1.90. The third-order valence-corrected chi connectivity index (χ3v) is 8.54. The maximum Gasteiger partial charge on any atom is 0.326 e. The van der Waals surface area contributed by atoms with E-state index in [1.165, 1.54) is 17.2 Å². The zero-order valence-electron chi connectivity index (χ0n) is 19.2. The van der Waals surface area contributed by atoms with Crippen molar-refractivity contribution in [2.24, 2.45) is 0 Å². The van der Waals surface area contributed by atoms with Crippen LogP contribution >= 0.6 is 0 Å². The number of aromatic nitrogens is 1. The molecular formula is C23H29N4O6S-. The first-order valence-electron chi connectivity index (χ1n) is 11.9. The molecule has 2 amide bonds. The number of anilines is 2. The number of carbonyl (C=O) groups excluding carboxylic acids is 1. The number of hydrogen-bond donors (Lipinski definition) is 1. The molecule has 3 aliphatic rings. The highest BCUT2D eigenvalue weighted by atomic mass is 32.2. The number of hydrogen-bond acceptors (Lipinski definition) is 7. The van der Waals surface area contributed by atoms with Crippen molar-refractivity contribution in [2.75, 3.05) is 22.8 Å². The lowest BCUT2D eigenvalue weighted by molar-refractivity contribution is 0.0866. The fourth-order valence-electron chi connectivity index (χ4n) is 5.28. The number of nitrogens with zero attached hydrogens (tertiary/aromatic N) is 3.